The minimum Gasteiger partial charge on any atom is -0.362 e. The summed E-state index contributed by atoms with van der Waals surface area (Å²) in [7, 11) is 4.00. The number of fused-ring (bicyclic) bond motifs is 1. The normalized spacial score (nSPS) is 18.2. The van der Waals surface area contributed by atoms with Gasteiger partial charge in [-0.1, -0.05) is 31.2 Å². The van der Waals surface area contributed by atoms with E-state index in [1.807, 2.05) is 55.4 Å². The first kappa shape index (κ1) is 21.9. The molecule has 0 atom stereocenters. The van der Waals surface area contributed by atoms with Crippen LogP contribution in [0.2, 0.25) is 0 Å². The third-order valence-electron chi connectivity index (χ3n) is 6.00. The number of nitrogens with zero attached hydrogens (tertiary/aromatic N) is 3. The van der Waals surface area contributed by atoms with Crippen molar-refractivity contribution in [2.24, 2.45) is 0 Å². The Morgan fingerprint density at radius 1 is 1.00 bits per heavy atom. The van der Waals surface area contributed by atoms with Crippen molar-refractivity contribution >= 4 is 34.4 Å². The molecule has 3 aromatic rings. The molecule has 0 bridgehead atoms. The van der Waals surface area contributed by atoms with Gasteiger partial charge in [-0.25, -0.2) is 9.78 Å². The zero-order valence-corrected chi connectivity index (χ0v) is 19.1. The van der Waals surface area contributed by atoms with Gasteiger partial charge in [0.25, 0.3) is 0 Å². The maximum absolute atomic E-state index is 12.4. The first-order valence-corrected chi connectivity index (χ1v) is 11.4. The van der Waals surface area contributed by atoms with E-state index < -0.39 is 0 Å². The number of carbonyl (C=O) groups excluding carboxylic acids is 1. The Labute approximate surface area is 189 Å². The fourth-order valence-electron chi connectivity index (χ4n) is 4.25. The zero-order chi connectivity index (χ0) is 22.5. The van der Waals surface area contributed by atoms with Gasteiger partial charge in [0.15, 0.2) is 0 Å². The molecule has 1 heterocycles. The lowest BCUT2D eigenvalue weighted by Crippen LogP contribution is -2.42. The van der Waals surface area contributed by atoms with Crippen LogP contribution in [0, 0.1) is 0 Å². The number of amides is 2. The van der Waals surface area contributed by atoms with E-state index >= 15 is 0 Å². The number of aromatic nitrogens is 2. The molecule has 0 aliphatic heterocycles. The first-order valence-electron chi connectivity index (χ1n) is 11.4. The zero-order valence-electron chi connectivity index (χ0n) is 19.1. The standard InChI is InChI=1S/C25H32N6O/c1-4-17-8-7-9-20(16-17)28-25(32)27-19-14-12-18(13-15-19)26-24-29-22-11-6-5-10-21(22)23(30-24)31(2)3/h5-11,16,18-19H,4,12-15H2,1-3H3,(H,26,29,30)(H2,27,28,32)/t18-,19+. The van der Waals surface area contributed by atoms with Crippen molar-refractivity contribution in [3.05, 3.63) is 54.1 Å². The number of hydrogen-bond donors (Lipinski definition) is 3. The van der Waals surface area contributed by atoms with Crippen molar-refractivity contribution in [3.8, 4) is 0 Å². The van der Waals surface area contributed by atoms with Crippen molar-refractivity contribution in [2.45, 2.75) is 51.1 Å². The van der Waals surface area contributed by atoms with Gasteiger partial charge in [-0.05, 0) is 61.9 Å². The van der Waals surface area contributed by atoms with Crippen LogP contribution in [0.1, 0.15) is 38.2 Å². The van der Waals surface area contributed by atoms with Crippen LogP contribution in [0.25, 0.3) is 10.9 Å². The van der Waals surface area contributed by atoms with Gasteiger partial charge in [0.1, 0.15) is 5.82 Å². The Hall–Kier alpha value is -3.35. The minimum absolute atomic E-state index is 0.136. The molecule has 32 heavy (non-hydrogen) atoms. The van der Waals surface area contributed by atoms with Crippen LogP contribution in [0.15, 0.2) is 48.5 Å². The Morgan fingerprint density at radius 3 is 2.50 bits per heavy atom. The van der Waals surface area contributed by atoms with Gasteiger partial charge in [0.2, 0.25) is 5.95 Å². The number of hydrogen-bond acceptors (Lipinski definition) is 5. The quantitative estimate of drug-likeness (QED) is 0.521. The van der Waals surface area contributed by atoms with Crippen molar-refractivity contribution in [2.75, 3.05) is 29.6 Å². The molecule has 0 unspecified atom stereocenters. The lowest BCUT2D eigenvalue weighted by atomic mass is 9.91. The Bertz CT molecular complexity index is 1070. The van der Waals surface area contributed by atoms with Crippen LogP contribution in [0.3, 0.4) is 0 Å². The summed E-state index contributed by atoms with van der Waals surface area (Å²) in [5.74, 6) is 1.58. The second-order valence-corrected chi connectivity index (χ2v) is 8.63. The van der Waals surface area contributed by atoms with Crippen LogP contribution < -0.4 is 20.9 Å². The van der Waals surface area contributed by atoms with E-state index in [4.69, 9.17) is 9.97 Å². The predicted octanol–water partition coefficient (Wildman–Crippen LogP) is 4.80. The third kappa shape index (κ3) is 5.28. The predicted molar refractivity (Wildman–Crippen MR) is 132 cm³/mol. The van der Waals surface area contributed by atoms with Crippen molar-refractivity contribution in [1.82, 2.24) is 15.3 Å². The largest absolute Gasteiger partial charge is 0.362 e. The smallest absolute Gasteiger partial charge is 0.319 e. The summed E-state index contributed by atoms with van der Waals surface area (Å²) in [4.78, 5) is 23.9. The van der Waals surface area contributed by atoms with Crippen molar-refractivity contribution in [1.29, 1.82) is 0 Å². The molecule has 1 saturated carbocycles. The molecule has 4 rings (SSSR count). The molecule has 168 valence electrons. The molecule has 1 fully saturated rings. The number of nitrogens with one attached hydrogen (secondary N) is 3. The number of anilines is 3. The highest BCUT2D eigenvalue weighted by Crippen LogP contribution is 2.26. The molecule has 1 aromatic heterocycles. The number of para-hydroxylation sites is 1. The van der Waals surface area contributed by atoms with Gasteiger partial charge in [-0.3, -0.25) is 0 Å². The van der Waals surface area contributed by atoms with E-state index in [1.165, 1.54) is 5.56 Å². The highest BCUT2D eigenvalue weighted by Gasteiger charge is 2.23. The number of urea groups is 1. The van der Waals surface area contributed by atoms with Gasteiger partial charge >= 0.3 is 6.03 Å². The summed E-state index contributed by atoms with van der Waals surface area (Å²) >= 11 is 0. The van der Waals surface area contributed by atoms with Crippen molar-refractivity contribution < 1.29 is 4.79 Å². The summed E-state index contributed by atoms with van der Waals surface area (Å²) in [6.07, 6.45) is 4.72. The molecule has 7 nitrogen and oxygen atoms in total. The van der Waals surface area contributed by atoms with E-state index in [0.717, 1.165) is 54.5 Å². The molecule has 0 spiro atoms. The maximum atomic E-state index is 12.4. The summed E-state index contributed by atoms with van der Waals surface area (Å²) in [5, 5.41) is 10.6. The molecule has 7 heteroatoms. The Balaban J connectivity index is 1.31. The van der Waals surface area contributed by atoms with E-state index in [9.17, 15) is 4.79 Å². The van der Waals surface area contributed by atoms with Crippen LogP contribution in [-0.2, 0) is 6.42 Å². The fourth-order valence-corrected chi connectivity index (χ4v) is 4.25. The second kappa shape index (κ2) is 9.85. The Morgan fingerprint density at radius 2 is 1.75 bits per heavy atom. The second-order valence-electron chi connectivity index (χ2n) is 8.63. The Kier molecular flexibility index (Phi) is 6.73. The molecule has 3 N–H and O–H groups in total. The lowest BCUT2D eigenvalue weighted by molar-refractivity contribution is 0.243. The van der Waals surface area contributed by atoms with Crippen LogP contribution in [0.5, 0.6) is 0 Å². The molecular formula is C25H32N6O. The van der Waals surface area contributed by atoms with Gasteiger partial charge in [-0.2, -0.15) is 4.98 Å². The summed E-state index contributed by atoms with van der Waals surface area (Å²) in [6.45, 7) is 2.11. The molecular weight excluding hydrogens is 400 g/mol. The van der Waals surface area contributed by atoms with E-state index in [-0.39, 0.29) is 12.1 Å². The first-order chi connectivity index (χ1) is 15.5. The average Bonchev–Trinajstić information content (AvgIpc) is 2.80. The minimum atomic E-state index is -0.136. The number of rotatable bonds is 6. The summed E-state index contributed by atoms with van der Waals surface area (Å²) in [6, 6.07) is 16.4. The van der Waals surface area contributed by atoms with Gasteiger partial charge in [0.05, 0.1) is 5.52 Å². The molecule has 1 aliphatic rings. The fraction of sp³-hybridized carbons (Fsp3) is 0.400. The van der Waals surface area contributed by atoms with Crippen LogP contribution in [0.4, 0.5) is 22.2 Å². The van der Waals surface area contributed by atoms with Gasteiger partial charge in [0, 0.05) is 37.3 Å². The van der Waals surface area contributed by atoms with Crippen LogP contribution >= 0.6 is 0 Å². The van der Waals surface area contributed by atoms with E-state index in [1.54, 1.807) is 0 Å². The molecule has 0 radical (unpaired) electrons. The third-order valence-corrected chi connectivity index (χ3v) is 6.00. The highest BCUT2D eigenvalue weighted by atomic mass is 16.2. The van der Waals surface area contributed by atoms with E-state index in [2.05, 4.69) is 35.0 Å². The monoisotopic (exact) mass is 432 g/mol. The van der Waals surface area contributed by atoms with E-state index in [0.29, 0.717) is 12.0 Å². The highest BCUT2D eigenvalue weighted by molar-refractivity contribution is 5.90. The van der Waals surface area contributed by atoms with Gasteiger partial charge in [-0.15, -0.1) is 0 Å². The summed E-state index contributed by atoms with van der Waals surface area (Å²) in [5.41, 5.74) is 2.98. The molecule has 2 amide bonds. The number of benzene rings is 2. The number of aryl methyl sites for hydroxylation is 1. The average molecular weight is 433 g/mol. The molecule has 0 saturated heterocycles. The van der Waals surface area contributed by atoms with Gasteiger partial charge < -0.3 is 20.9 Å². The van der Waals surface area contributed by atoms with Crippen molar-refractivity contribution in [3.63, 3.8) is 0 Å². The molecule has 2 aromatic carbocycles. The molecule has 1 aliphatic carbocycles. The maximum Gasteiger partial charge on any atom is 0.319 e. The lowest BCUT2D eigenvalue weighted by Gasteiger charge is -2.30. The SMILES string of the molecule is CCc1cccc(NC(=O)N[C@H]2CC[C@@H](Nc3nc(N(C)C)c4ccccc4n3)CC2)c1. The summed E-state index contributed by atoms with van der Waals surface area (Å²) < 4.78 is 0. The van der Waals surface area contributed by atoms with Crippen LogP contribution in [-0.4, -0.2) is 42.2 Å². The topological polar surface area (TPSA) is 82.2 Å². The number of carbonyl (C=O) groups is 1.